The van der Waals surface area contributed by atoms with Crippen LogP contribution in [0.1, 0.15) is 82.7 Å². The molecule has 0 aliphatic heterocycles. The Hall–Kier alpha value is -2.11. The second-order valence-corrected chi connectivity index (χ2v) is 6.60. The van der Waals surface area contributed by atoms with Gasteiger partial charge in [0.1, 0.15) is 11.5 Å². The van der Waals surface area contributed by atoms with E-state index in [-0.39, 0.29) is 18.4 Å². The maximum Gasteiger partial charge on any atom is 0.259 e. The number of hydrogen-bond donors (Lipinski definition) is 2. The number of nitrogens with one attached hydrogen (secondary N) is 2. The lowest BCUT2D eigenvalue weighted by molar-refractivity contribution is -0.126. The highest BCUT2D eigenvalue weighted by Crippen LogP contribution is 2.10. The number of rotatable bonds is 14. The fourth-order valence-electron chi connectivity index (χ4n) is 2.59. The molecular formula is C20H33N3O3. The molecule has 0 aliphatic rings. The summed E-state index contributed by atoms with van der Waals surface area (Å²) in [5.74, 6) is 0.900. The summed E-state index contributed by atoms with van der Waals surface area (Å²) >= 11 is 0. The third kappa shape index (κ3) is 11.4. The molecule has 2 amide bonds. The summed E-state index contributed by atoms with van der Waals surface area (Å²) < 4.78 is 5.29. The van der Waals surface area contributed by atoms with Crippen LogP contribution in [-0.2, 0) is 9.59 Å². The number of amides is 2. The van der Waals surface area contributed by atoms with E-state index in [0.717, 1.165) is 18.6 Å². The largest absolute Gasteiger partial charge is 0.460 e. The van der Waals surface area contributed by atoms with Gasteiger partial charge in [-0.2, -0.15) is 5.10 Å². The van der Waals surface area contributed by atoms with Gasteiger partial charge in [0, 0.05) is 6.42 Å². The number of nitrogens with zero attached hydrogens (tertiary/aromatic N) is 1. The number of unbranched alkanes of at least 4 members (excludes halogenated alkanes) is 8. The fraction of sp³-hybridized carbons (Fsp3) is 0.650. The normalized spacial score (nSPS) is 11.0. The molecule has 0 spiro atoms. The molecule has 0 saturated carbocycles. The van der Waals surface area contributed by atoms with Gasteiger partial charge in [0.15, 0.2) is 0 Å². The molecule has 0 unspecified atom stereocenters. The number of aryl methyl sites for hydroxylation is 1. The third-order valence-corrected chi connectivity index (χ3v) is 4.10. The van der Waals surface area contributed by atoms with Crippen molar-refractivity contribution in [2.24, 2.45) is 5.10 Å². The van der Waals surface area contributed by atoms with Crippen LogP contribution in [-0.4, -0.2) is 24.6 Å². The summed E-state index contributed by atoms with van der Waals surface area (Å²) in [4.78, 5) is 23.3. The molecule has 0 saturated heterocycles. The Morgan fingerprint density at radius 1 is 1.00 bits per heavy atom. The van der Waals surface area contributed by atoms with E-state index in [2.05, 4.69) is 22.8 Å². The highest BCUT2D eigenvalue weighted by Gasteiger charge is 2.04. The van der Waals surface area contributed by atoms with Crippen molar-refractivity contribution in [2.45, 2.75) is 78.1 Å². The van der Waals surface area contributed by atoms with Crippen LogP contribution in [0.2, 0.25) is 0 Å². The van der Waals surface area contributed by atoms with Crippen molar-refractivity contribution >= 4 is 18.0 Å². The van der Waals surface area contributed by atoms with Crippen molar-refractivity contribution in [1.29, 1.82) is 0 Å². The van der Waals surface area contributed by atoms with E-state index in [1.165, 1.54) is 51.2 Å². The van der Waals surface area contributed by atoms with E-state index < -0.39 is 0 Å². The topological polar surface area (TPSA) is 83.7 Å². The highest BCUT2D eigenvalue weighted by atomic mass is 16.3. The lowest BCUT2D eigenvalue weighted by Gasteiger charge is -2.04. The van der Waals surface area contributed by atoms with Gasteiger partial charge < -0.3 is 9.73 Å². The molecule has 1 heterocycles. The van der Waals surface area contributed by atoms with E-state index in [4.69, 9.17) is 4.42 Å². The zero-order valence-corrected chi connectivity index (χ0v) is 16.2. The van der Waals surface area contributed by atoms with Gasteiger partial charge in [-0.1, -0.05) is 58.3 Å². The van der Waals surface area contributed by atoms with Gasteiger partial charge in [-0.3, -0.25) is 9.59 Å². The molecule has 6 nitrogen and oxygen atoms in total. The molecule has 0 bridgehead atoms. The Morgan fingerprint density at radius 2 is 1.65 bits per heavy atom. The summed E-state index contributed by atoms with van der Waals surface area (Å²) in [5.41, 5.74) is 2.36. The molecule has 26 heavy (non-hydrogen) atoms. The molecule has 2 N–H and O–H groups in total. The van der Waals surface area contributed by atoms with Crippen LogP contribution in [0.25, 0.3) is 0 Å². The van der Waals surface area contributed by atoms with Crippen molar-refractivity contribution in [3.8, 4) is 0 Å². The van der Waals surface area contributed by atoms with E-state index in [0.29, 0.717) is 12.2 Å². The Kier molecular flexibility index (Phi) is 11.9. The standard InChI is InChI=1S/C20H33N3O3/c1-3-4-5-6-7-8-9-10-11-12-19(24)21-16-20(25)23-22-15-18-14-13-17(2)26-18/h13-15H,3-12,16H2,1-2H3,(H,21,24)(H,23,25)/b22-15-. The van der Waals surface area contributed by atoms with Crippen LogP contribution < -0.4 is 10.7 Å². The molecule has 0 fully saturated rings. The van der Waals surface area contributed by atoms with Crippen LogP contribution in [0.5, 0.6) is 0 Å². The van der Waals surface area contributed by atoms with Gasteiger partial charge in [0.05, 0.1) is 12.8 Å². The smallest absolute Gasteiger partial charge is 0.259 e. The summed E-state index contributed by atoms with van der Waals surface area (Å²) in [6, 6.07) is 3.58. The van der Waals surface area contributed by atoms with Crippen molar-refractivity contribution in [3.63, 3.8) is 0 Å². The molecule has 146 valence electrons. The zero-order chi connectivity index (χ0) is 19.0. The van der Waals surface area contributed by atoms with Crippen LogP contribution in [0, 0.1) is 6.92 Å². The average molecular weight is 364 g/mol. The number of hydrazone groups is 1. The predicted octanol–water partition coefficient (Wildman–Crippen LogP) is 4.08. The Morgan fingerprint density at radius 3 is 2.27 bits per heavy atom. The quantitative estimate of drug-likeness (QED) is 0.297. The SMILES string of the molecule is CCCCCCCCCCCC(=O)NCC(=O)N/N=C\c1ccc(C)o1. The molecule has 0 radical (unpaired) electrons. The minimum atomic E-state index is -0.357. The number of carbonyl (C=O) groups excluding carboxylic acids is 2. The predicted molar refractivity (Wildman–Crippen MR) is 104 cm³/mol. The number of furan rings is 1. The van der Waals surface area contributed by atoms with Crippen LogP contribution >= 0.6 is 0 Å². The highest BCUT2D eigenvalue weighted by molar-refractivity contribution is 5.85. The van der Waals surface area contributed by atoms with E-state index in [9.17, 15) is 9.59 Å². The van der Waals surface area contributed by atoms with Gasteiger partial charge >= 0.3 is 0 Å². The van der Waals surface area contributed by atoms with Gasteiger partial charge in [0.2, 0.25) is 5.91 Å². The molecule has 1 rings (SSSR count). The van der Waals surface area contributed by atoms with Crippen LogP contribution in [0.3, 0.4) is 0 Å². The molecular weight excluding hydrogens is 330 g/mol. The minimum Gasteiger partial charge on any atom is -0.460 e. The first kappa shape index (κ1) is 21.9. The summed E-state index contributed by atoms with van der Waals surface area (Å²) in [6.07, 6.45) is 12.8. The summed E-state index contributed by atoms with van der Waals surface area (Å²) in [6.45, 7) is 3.99. The number of hydrogen-bond acceptors (Lipinski definition) is 4. The lowest BCUT2D eigenvalue weighted by atomic mass is 10.1. The Bertz CT molecular complexity index is 552. The second kappa shape index (κ2) is 14.1. The van der Waals surface area contributed by atoms with Gasteiger partial charge in [-0.05, 0) is 25.5 Å². The van der Waals surface area contributed by atoms with Gasteiger partial charge in [-0.15, -0.1) is 0 Å². The van der Waals surface area contributed by atoms with E-state index >= 15 is 0 Å². The van der Waals surface area contributed by atoms with Gasteiger partial charge in [-0.25, -0.2) is 5.43 Å². The maximum atomic E-state index is 11.7. The molecule has 0 aliphatic carbocycles. The molecule has 6 heteroatoms. The van der Waals surface area contributed by atoms with E-state index in [1.807, 2.05) is 13.0 Å². The maximum absolute atomic E-state index is 11.7. The van der Waals surface area contributed by atoms with Crippen molar-refractivity contribution in [3.05, 3.63) is 23.7 Å². The monoisotopic (exact) mass is 363 g/mol. The first-order chi connectivity index (χ1) is 12.6. The molecule has 1 aromatic heterocycles. The second-order valence-electron chi connectivity index (χ2n) is 6.60. The zero-order valence-electron chi connectivity index (χ0n) is 16.2. The summed E-state index contributed by atoms with van der Waals surface area (Å²) in [5, 5.41) is 6.40. The summed E-state index contributed by atoms with van der Waals surface area (Å²) in [7, 11) is 0. The fourth-order valence-corrected chi connectivity index (χ4v) is 2.59. The molecule has 0 aromatic carbocycles. The van der Waals surface area contributed by atoms with Crippen LogP contribution in [0.4, 0.5) is 0 Å². The molecule has 1 aromatic rings. The van der Waals surface area contributed by atoms with Crippen LogP contribution in [0.15, 0.2) is 21.7 Å². The third-order valence-electron chi connectivity index (χ3n) is 4.10. The Labute approximate surface area is 156 Å². The minimum absolute atomic E-state index is 0.0647. The lowest BCUT2D eigenvalue weighted by Crippen LogP contribution is -2.34. The van der Waals surface area contributed by atoms with Crippen molar-refractivity contribution in [2.75, 3.05) is 6.54 Å². The number of carbonyl (C=O) groups is 2. The first-order valence-electron chi connectivity index (χ1n) is 9.77. The van der Waals surface area contributed by atoms with Crippen molar-refractivity contribution in [1.82, 2.24) is 10.7 Å². The average Bonchev–Trinajstić information content (AvgIpc) is 3.03. The van der Waals surface area contributed by atoms with E-state index in [1.54, 1.807) is 6.07 Å². The molecule has 0 atom stereocenters. The Balaban J connectivity index is 1.97. The van der Waals surface area contributed by atoms with Crippen molar-refractivity contribution < 1.29 is 14.0 Å². The first-order valence-corrected chi connectivity index (χ1v) is 9.77. The van der Waals surface area contributed by atoms with Gasteiger partial charge in [0.25, 0.3) is 5.91 Å².